The van der Waals surface area contributed by atoms with Gasteiger partial charge in [-0.3, -0.25) is 9.11 Å². The summed E-state index contributed by atoms with van der Waals surface area (Å²) < 4.78 is 68.2. The summed E-state index contributed by atoms with van der Waals surface area (Å²) in [6.07, 6.45) is 6.01. The molecule has 42 heavy (non-hydrogen) atoms. The average Bonchev–Trinajstić information content (AvgIpc) is 3.47. The lowest BCUT2D eigenvalue weighted by atomic mass is 9.89. The molecule has 0 fully saturated rings. The molecule has 0 aliphatic rings. The Morgan fingerprint density at radius 1 is 0.952 bits per heavy atom. The molecule has 2 heterocycles. The summed E-state index contributed by atoms with van der Waals surface area (Å²) in [5.41, 5.74) is 6.28. The smallest absolute Gasteiger partial charge is 0.294 e. The Morgan fingerprint density at radius 2 is 1.57 bits per heavy atom. The maximum Gasteiger partial charge on any atom is 0.294 e. The van der Waals surface area contributed by atoms with Crippen LogP contribution in [0.4, 0.5) is 16.6 Å². The number of anilines is 1. The molecule has 3 aromatic rings. The van der Waals surface area contributed by atoms with E-state index in [4.69, 9.17) is 5.73 Å². The maximum atomic E-state index is 11.8. The third-order valence-corrected chi connectivity index (χ3v) is 10.4. The van der Waals surface area contributed by atoms with E-state index in [1.54, 1.807) is 11.8 Å². The Labute approximate surface area is 254 Å². The molecule has 0 unspecified atom stereocenters. The third-order valence-electron chi connectivity index (χ3n) is 6.24. The Balaban J connectivity index is 1.93. The highest BCUT2D eigenvalue weighted by Gasteiger charge is 2.28. The molecule has 0 saturated heterocycles. The number of nitrogens with two attached hydrogens (primary N) is 1. The molecule has 0 amide bonds. The van der Waals surface area contributed by atoms with Gasteiger partial charge in [-0.2, -0.15) is 21.9 Å². The van der Waals surface area contributed by atoms with E-state index in [2.05, 4.69) is 46.3 Å². The predicted molar refractivity (Wildman–Crippen MR) is 164 cm³/mol. The molecule has 4 N–H and O–H groups in total. The molecule has 0 bridgehead atoms. The van der Waals surface area contributed by atoms with Gasteiger partial charge in [0.25, 0.3) is 25.4 Å². The highest BCUT2D eigenvalue weighted by Crippen LogP contribution is 2.40. The lowest BCUT2D eigenvalue weighted by Gasteiger charge is -2.23. The minimum atomic E-state index is -4.84. The van der Waals surface area contributed by atoms with Crippen molar-refractivity contribution in [2.24, 2.45) is 15.6 Å². The molecule has 2 aromatic heterocycles. The monoisotopic (exact) mass is 659 g/mol. The summed E-state index contributed by atoms with van der Waals surface area (Å²) in [6.45, 7) is 12.2. The molecule has 0 aliphatic carbocycles. The van der Waals surface area contributed by atoms with Gasteiger partial charge in [0.15, 0.2) is 15.8 Å². The lowest BCUT2D eigenvalue weighted by Crippen LogP contribution is -2.14. The minimum Gasteiger partial charge on any atom is -0.382 e. The highest BCUT2D eigenvalue weighted by atomic mass is 32.2. The zero-order valence-corrected chi connectivity index (χ0v) is 27.7. The van der Waals surface area contributed by atoms with Crippen LogP contribution in [0.2, 0.25) is 0 Å². The number of hydrogen-bond acceptors (Lipinski definition) is 12. The molecule has 3 rings (SSSR count). The minimum absolute atomic E-state index is 0.0820. The van der Waals surface area contributed by atoms with Gasteiger partial charge in [0.1, 0.15) is 0 Å². The van der Waals surface area contributed by atoms with Crippen LogP contribution in [0.3, 0.4) is 0 Å². The van der Waals surface area contributed by atoms with E-state index in [1.165, 1.54) is 37.0 Å². The van der Waals surface area contributed by atoms with E-state index >= 15 is 0 Å². The van der Waals surface area contributed by atoms with Crippen LogP contribution in [-0.2, 0) is 25.7 Å². The summed E-state index contributed by atoms with van der Waals surface area (Å²) in [6, 6.07) is 2.57. The number of nitrogens with zero attached hydrogens (tertiary/aromatic N) is 6. The third kappa shape index (κ3) is 9.03. The van der Waals surface area contributed by atoms with Crippen LogP contribution in [0.1, 0.15) is 79.3 Å². The molecule has 0 spiro atoms. The number of azo groups is 1. The van der Waals surface area contributed by atoms with E-state index in [1.807, 2.05) is 20.8 Å². The van der Waals surface area contributed by atoms with Crippen molar-refractivity contribution in [1.29, 1.82) is 0 Å². The summed E-state index contributed by atoms with van der Waals surface area (Å²) in [5.74, 6) is 0.800. The first-order chi connectivity index (χ1) is 19.3. The van der Waals surface area contributed by atoms with Crippen LogP contribution in [0.15, 0.2) is 42.6 Å². The maximum absolute atomic E-state index is 11.8. The number of benzene rings is 1. The SMILES string of the molecule is CCCCCCC(C)(C)CSc1nnc(N=Nc2c(C(C)(C)C)nn(-c3cc(S(=O)(=O)O)cc(S(=O)(=O)O)c3)c2N)s1. The van der Waals surface area contributed by atoms with E-state index in [-0.39, 0.29) is 22.6 Å². The molecule has 13 nitrogen and oxygen atoms in total. The van der Waals surface area contributed by atoms with E-state index < -0.39 is 35.4 Å². The fourth-order valence-electron chi connectivity index (χ4n) is 3.95. The molecular formula is C25H37N7O6S4. The van der Waals surface area contributed by atoms with Crippen LogP contribution in [-0.4, -0.2) is 51.7 Å². The fourth-order valence-corrected chi connectivity index (χ4v) is 6.91. The van der Waals surface area contributed by atoms with Gasteiger partial charge in [0, 0.05) is 11.2 Å². The predicted octanol–water partition coefficient (Wildman–Crippen LogP) is 6.60. The lowest BCUT2D eigenvalue weighted by molar-refractivity contribution is 0.366. The van der Waals surface area contributed by atoms with Crippen molar-refractivity contribution >= 4 is 60.0 Å². The van der Waals surface area contributed by atoms with Crippen molar-refractivity contribution in [3.8, 4) is 5.69 Å². The van der Waals surface area contributed by atoms with Crippen molar-refractivity contribution in [3.63, 3.8) is 0 Å². The molecule has 0 radical (unpaired) electrons. The summed E-state index contributed by atoms with van der Waals surface area (Å²) in [4.78, 5) is -1.54. The zero-order valence-electron chi connectivity index (χ0n) is 24.4. The van der Waals surface area contributed by atoms with Gasteiger partial charge in [0.05, 0.1) is 21.2 Å². The number of rotatable bonds is 13. The van der Waals surface area contributed by atoms with Gasteiger partial charge in [-0.05, 0) is 30.0 Å². The summed E-state index contributed by atoms with van der Waals surface area (Å²) in [7, 11) is -9.68. The van der Waals surface area contributed by atoms with Crippen molar-refractivity contribution in [1.82, 2.24) is 20.0 Å². The first-order valence-corrected chi connectivity index (χ1v) is 17.9. The quantitative estimate of drug-likeness (QED) is 0.0771. The highest BCUT2D eigenvalue weighted by molar-refractivity contribution is 8.01. The van der Waals surface area contributed by atoms with E-state index in [9.17, 15) is 25.9 Å². The molecule has 0 saturated carbocycles. The van der Waals surface area contributed by atoms with Crippen molar-refractivity contribution in [2.45, 2.75) is 93.2 Å². The Hall–Kier alpha value is -2.44. The van der Waals surface area contributed by atoms with Gasteiger partial charge in [-0.25, -0.2) is 4.68 Å². The topological polar surface area (TPSA) is 203 Å². The molecule has 0 atom stereocenters. The van der Waals surface area contributed by atoms with Crippen molar-refractivity contribution in [3.05, 3.63) is 23.9 Å². The Kier molecular flexibility index (Phi) is 10.6. The molecular weight excluding hydrogens is 623 g/mol. The van der Waals surface area contributed by atoms with Crippen LogP contribution >= 0.6 is 23.1 Å². The molecule has 232 valence electrons. The molecule has 17 heteroatoms. The number of nitrogen functional groups attached to an aromatic ring is 1. The standard InChI is InChI=1S/C25H37N7O6S4/c1-7-8-9-10-11-25(5,6)15-39-23-30-29-22(40-23)28-27-19-20(24(2,3)4)31-32(21(19)26)16-12-17(41(33,34)35)14-18(13-16)42(36,37)38/h12-14H,7-11,15,26H2,1-6H3,(H,33,34,35)(H,36,37,38). The van der Waals surface area contributed by atoms with Crippen LogP contribution < -0.4 is 5.73 Å². The Morgan fingerprint density at radius 3 is 2.12 bits per heavy atom. The molecule has 1 aromatic carbocycles. The number of aromatic nitrogens is 4. The van der Waals surface area contributed by atoms with Crippen molar-refractivity contribution < 1.29 is 25.9 Å². The van der Waals surface area contributed by atoms with Gasteiger partial charge >= 0.3 is 0 Å². The first kappa shape index (κ1) is 34.1. The summed E-state index contributed by atoms with van der Waals surface area (Å²) in [5, 5.41) is 21.6. The normalized spacial score (nSPS) is 13.3. The number of hydrogen-bond donors (Lipinski definition) is 3. The Bertz CT molecular complexity index is 1610. The fraction of sp³-hybridized carbons (Fsp3) is 0.560. The van der Waals surface area contributed by atoms with Crippen LogP contribution in [0, 0.1) is 5.41 Å². The zero-order chi connectivity index (χ0) is 31.5. The van der Waals surface area contributed by atoms with Gasteiger partial charge in [-0.1, -0.05) is 90.3 Å². The number of unbranched alkanes of at least 4 members (excludes halogenated alkanes) is 3. The summed E-state index contributed by atoms with van der Waals surface area (Å²) >= 11 is 2.90. The van der Waals surface area contributed by atoms with E-state index in [0.717, 1.165) is 33.3 Å². The van der Waals surface area contributed by atoms with Gasteiger partial charge in [0.2, 0.25) is 0 Å². The van der Waals surface area contributed by atoms with Crippen molar-refractivity contribution in [2.75, 3.05) is 11.5 Å². The second kappa shape index (κ2) is 13.1. The van der Waals surface area contributed by atoms with Crippen LogP contribution in [0.25, 0.3) is 5.69 Å². The van der Waals surface area contributed by atoms with Crippen LogP contribution in [0.5, 0.6) is 0 Å². The second-order valence-electron chi connectivity index (χ2n) is 11.7. The first-order valence-electron chi connectivity index (χ1n) is 13.2. The number of thioether (sulfide) groups is 1. The second-order valence-corrected chi connectivity index (χ2v) is 16.7. The van der Waals surface area contributed by atoms with E-state index in [0.29, 0.717) is 16.9 Å². The largest absolute Gasteiger partial charge is 0.382 e. The van der Waals surface area contributed by atoms with Gasteiger partial charge < -0.3 is 5.73 Å². The molecule has 0 aliphatic heterocycles. The van der Waals surface area contributed by atoms with Gasteiger partial charge in [-0.15, -0.1) is 20.4 Å². The average molecular weight is 660 g/mol.